The molecule has 106 valence electrons. The average molecular weight is 297 g/mol. The van der Waals surface area contributed by atoms with Gasteiger partial charge in [-0.2, -0.15) is 0 Å². The summed E-state index contributed by atoms with van der Waals surface area (Å²) in [5.74, 6) is -3.50. The number of halogens is 3. The molecule has 5 heteroatoms. The largest absolute Gasteiger partial charge is 0.323 e. The molecule has 0 saturated heterocycles. The third-order valence-corrected chi connectivity index (χ3v) is 4.27. The smallest absolute Gasteiger partial charge is 0.194 e. The van der Waals surface area contributed by atoms with Crippen LogP contribution < -0.4 is 5.73 Å². The molecular weight excluding hydrogens is 283 g/mol. The summed E-state index contributed by atoms with van der Waals surface area (Å²) in [6.07, 6.45) is 0. The van der Waals surface area contributed by atoms with Crippen LogP contribution in [0.1, 0.15) is 17.2 Å². The summed E-state index contributed by atoms with van der Waals surface area (Å²) in [5, 5.41) is 0. The molecule has 0 bridgehead atoms. The fourth-order valence-electron chi connectivity index (χ4n) is 1.81. The topological polar surface area (TPSA) is 26.0 Å². The normalized spacial score (nSPS) is 12.4. The second-order valence-corrected chi connectivity index (χ2v) is 5.51. The van der Waals surface area contributed by atoms with Crippen molar-refractivity contribution in [2.75, 3.05) is 5.75 Å². The molecule has 0 aromatic heterocycles. The van der Waals surface area contributed by atoms with Crippen molar-refractivity contribution in [1.29, 1.82) is 0 Å². The van der Waals surface area contributed by atoms with Gasteiger partial charge >= 0.3 is 0 Å². The van der Waals surface area contributed by atoms with Crippen molar-refractivity contribution in [3.8, 4) is 0 Å². The Kier molecular flexibility index (Phi) is 4.73. The van der Waals surface area contributed by atoms with Gasteiger partial charge < -0.3 is 5.73 Å². The lowest BCUT2D eigenvalue weighted by Crippen LogP contribution is -2.16. The van der Waals surface area contributed by atoms with Crippen LogP contribution in [-0.2, 0) is 0 Å². The zero-order chi connectivity index (χ0) is 14.7. The molecule has 0 aliphatic carbocycles. The van der Waals surface area contributed by atoms with Crippen LogP contribution in [0.25, 0.3) is 0 Å². The summed E-state index contributed by atoms with van der Waals surface area (Å²) < 4.78 is 39.6. The van der Waals surface area contributed by atoms with E-state index in [0.717, 1.165) is 16.5 Å². The van der Waals surface area contributed by atoms with E-state index in [9.17, 15) is 13.2 Å². The molecule has 2 aromatic rings. The van der Waals surface area contributed by atoms with Gasteiger partial charge in [-0.25, -0.2) is 13.2 Å². The van der Waals surface area contributed by atoms with E-state index in [4.69, 9.17) is 5.73 Å². The summed E-state index contributed by atoms with van der Waals surface area (Å²) >= 11 is 1.46. The third-order valence-electron chi connectivity index (χ3n) is 2.98. The van der Waals surface area contributed by atoms with E-state index in [0.29, 0.717) is 5.75 Å². The van der Waals surface area contributed by atoms with Gasteiger partial charge in [0.15, 0.2) is 17.5 Å². The van der Waals surface area contributed by atoms with Gasteiger partial charge in [0.05, 0.1) is 0 Å². The second-order valence-electron chi connectivity index (χ2n) is 4.45. The van der Waals surface area contributed by atoms with Gasteiger partial charge in [0, 0.05) is 22.3 Å². The Morgan fingerprint density at radius 2 is 1.75 bits per heavy atom. The summed E-state index contributed by atoms with van der Waals surface area (Å²) in [4.78, 5) is 1.03. The third kappa shape index (κ3) is 3.16. The van der Waals surface area contributed by atoms with E-state index in [1.165, 1.54) is 17.8 Å². The maximum absolute atomic E-state index is 13.6. The molecule has 2 N–H and O–H groups in total. The molecule has 0 fully saturated rings. The molecule has 0 aliphatic rings. The molecule has 20 heavy (non-hydrogen) atoms. The highest BCUT2D eigenvalue weighted by atomic mass is 32.2. The lowest BCUT2D eigenvalue weighted by atomic mass is 10.1. The molecule has 0 spiro atoms. The van der Waals surface area contributed by atoms with Crippen molar-refractivity contribution in [3.63, 3.8) is 0 Å². The molecular formula is C15H14F3NS. The Morgan fingerprint density at radius 3 is 2.45 bits per heavy atom. The first-order chi connectivity index (χ1) is 9.50. The molecule has 1 nitrogen and oxygen atoms in total. The first kappa shape index (κ1) is 14.9. The van der Waals surface area contributed by atoms with Crippen molar-refractivity contribution < 1.29 is 13.2 Å². The van der Waals surface area contributed by atoms with Crippen molar-refractivity contribution in [2.24, 2.45) is 5.73 Å². The lowest BCUT2D eigenvalue weighted by molar-refractivity contribution is 0.437. The first-order valence-corrected chi connectivity index (χ1v) is 7.06. The monoisotopic (exact) mass is 297 g/mol. The minimum absolute atomic E-state index is 0.00927. The lowest BCUT2D eigenvalue weighted by Gasteiger charge is -2.14. The zero-order valence-corrected chi connectivity index (χ0v) is 11.7. The van der Waals surface area contributed by atoms with Gasteiger partial charge in [0.1, 0.15) is 0 Å². The maximum atomic E-state index is 13.6. The zero-order valence-electron chi connectivity index (χ0n) is 10.9. The minimum atomic E-state index is -1.47. The van der Waals surface area contributed by atoms with Crippen LogP contribution in [0.4, 0.5) is 13.2 Å². The molecule has 0 saturated carbocycles. The molecule has 0 heterocycles. The predicted molar refractivity (Wildman–Crippen MR) is 75.1 cm³/mol. The Bertz CT molecular complexity index is 616. The highest BCUT2D eigenvalue weighted by molar-refractivity contribution is 7.99. The van der Waals surface area contributed by atoms with Crippen LogP contribution in [0, 0.1) is 24.4 Å². The van der Waals surface area contributed by atoms with Gasteiger partial charge in [0.2, 0.25) is 0 Å². The summed E-state index contributed by atoms with van der Waals surface area (Å²) in [6.45, 7) is 1.96. The maximum Gasteiger partial charge on any atom is 0.194 e. The molecule has 2 rings (SSSR count). The molecule has 2 aromatic carbocycles. The Hall–Kier alpha value is -1.46. The molecule has 0 amide bonds. The van der Waals surface area contributed by atoms with Gasteiger partial charge in [0.25, 0.3) is 0 Å². The molecule has 0 aliphatic heterocycles. The van der Waals surface area contributed by atoms with E-state index < -0.39 is 23.5 Å². The number of hydrogen-bond acceptors (Lipinski definition) is 2. The fraction of sp³-hybridized carbons (Fsp3) is 0.200. The van der Waals surface area contributed by atoms with Crippen LogP contribution in [0.5, 0.6) is 0 Å². The highest BCUT2D eigenvalue weighted by Crippen LogP contribution is 2.28. The van der Waals surface area contributed by atoms with E-state index >= 15 is 0 Å². The molecule has 1 unspecified atom stereocenters. The Balaban J connectivity index is 2.11. The van der Waals surface area contributed by atoms with Crippen molar-refractivity contribution in [2.45, 2.75) is 17.9 Å². The van der Waals surface area contributed by atoms with E-state index in [1.54, 1.807) is 0 Å². The summed E-state index contributed by atoms with van der Waals surface area (Å²) in [5.41, 5.74) is 6.95. The molecule has 0 radical (unpaired) electrons. The number of nitrogens with two attached hydrogens (primary N) is 1. The SMILES string of the molecule is Cc1ccccc1SCC(N)c1ccc(F)c(F)c1F. The highest BCUT2D eigenvalue weighted by Gasteiger charge is 2.18. The Morgan fingerprint density at radius 1 is 1.05 bits per heavy atom. The van der Waals surface area contributed by atoms with Crippen molar-refractivity contribution in [1.82, 2.24) is 0 Å². The van der Waals surface area contributed by atoms with E-state index in [-0.39, 0.29) is 5.56 Å². The fourth-order valence-corrected chi connectivity index (χ4v) is 2.82. The van der Waals surface area contributed by atoms with Crippen molar-refractivity contribution >= 4 is 11.8 Å². The number of aryl methyl sites for hydroxylation is 1. The van der Waals surface area contributed by atoms with Gasteiger partial charge in [-0.3, -0.25) is 0 Å². The van der Waals surface area contributed by atoms with Gasteiger partial charge in [-0.1, -0.05) is 24.3 Å². The number of rotatable bonds is 4. The van der Waals surface area contributed by atoms with Gasteiger partial charge in [-0.15, -0.1) is 11.8 Å². The quantitative estimate of drug-likeness (QED) is 0.676. The van der Waals surface area contributed by atoms with Gasteiger partial charge in [-0.05, 0) is 24.6 Å². The van der Waals surface area contributed by atoms with E-state index in [1.807, 2.05) is 31.2 Å². The van der Waals surface area contributed by atoms with Crippen molar-refractivity contribution in [3.05, 3.63) is 65.0 Å². The van der Waals surface area contributed by atoms with Crippen LogP contribution in [-0.4, -0.2) is 5.75 Å². The number of benzene rings is 2. The Labute approximate surface area is 120 Å². The average Bonchev–Trinajstić information content (AvgIpc) is 2.44. The second kappa shape index (κ2) is 6.33. The minimum Gasteiger partial charge on any atom is -0.323 e. The molecule has 1 atom stereocenters. The first-order valence-electron chi connectivity index (χ1n) is 6.08. The van der Waals surface area contributed by atoms with E-state index in [2.05, 4.69) is 0 Å². The number of thioether (sulfide) groups is 1. The summed E-state index contributed by atoms with van der Waals surface area (Å²) in [7, 11) is 0. The standard InChI is InChI=1S/C15H14F3NS/c1-9-4-2-3-5-13(9)20-8-12(19)10-6-7-11(16)15(18)14(10)17/h2-7,12H,8,19H2,1H3. The summed E-state index contributed by atoms with van der Waals surface area (Å²) in [6, 6.07) is 9.12. The number of hydrogen-bond donors (Lipinski definition) is 1. The van der Waals surface area contributed by atoms with Crippen LogP contribution in [0.3, 0.4) is 0 Å². The van der Waals surface area contributed by atoms with Crippen LogP contribution in [0.2, 0.25) is 0 Å². The van der Waals surface area contributed by atoms with Crippen LogP contribution >= 0.6 is 11.8 Å². The predicted octanol–water partition coefficient (Wildman–Crippen LogP) is 4.20. The van der Waals surface area contributed by atoms with Crippen LogP contribution in [0.15, 0.2) is 41.3 Å².